The Balaban J connectivity index is 1.49. The molecule has 2 aliphatic rings. The van der Waals surface area contributed by atoms with Crippen molar-refractivity contribution in [1.82, 2.24) is 5.32 Å². The minimum atomic E-state index is -0.455. The van der Waals surface area contributed by atoms with Crippen LogP contribution in [-0.2, 0) is 16.0 Å². The molecule has 5 nitrogen and oxygen atoms in total. The second-order valence-electron chi connectivity index (χ2n) is 5.56. The number of hydrogen-bond donors (Lipinski definition) is 1. The second kappa shape index (κ2) is 5.60. The molecule has 1 aromatic rings. The minimum Gasteiger partial charge on any atom is -0.486 e. The standard InChI is InChI=1S/C15H21NO4/c1-15(2)19-10-12(20-15)9-16-8-11-3-4-13-14(7-11)18-6-5-17-13/h3-4,7,12,16H,5-6,8-10H2,1-2H3. The maximum atomic E-state index is 5.75. The van der Waals surface area contributed by atoms with Gasteiger partial charge in [-0.25, -0.2) is 0 Å². The van der Waals surface area contributed by atoms with Crippen molar-refractivity contribution in [1.29, 1.82) is 0 Å². The molecule has 0 aliphatic carbocycles. The molecule has 0 spiro atoms. The zero-order valence-electron chi connectivity index (χ0n) is 12.0. The highest BCUT2D eigenvalue weighted by Crippen LogP contribution is 2.30. The molecule has 1 fully saturated rings. The van der Waals surface area contributed by atoms with Crippen molar-refractivity contribution in [3.63, 3.8) is 0 Å². The van der Waals surface area contributed by atoms with Gasteiger partial charge in [-0.15, -0.1) is 0 Å². The van der Waals surface area contributed by atoms with E-state index in [1.54, 1.807) is 0 Å². The first-order valence-corrected chi connectivity index (χ1v) is 7.03. The molecule has 0 aromatic heterocycles. The van der Waals surface area contributed by atoms with Gasteiger partial charge in [0.15, 0.2) is 17.3 Å². The van der Waals surface area contributed by atoms with Gasteiger partial charge in [0.1, 0.15) is 13.2 Å². The molecule has 1 unspecified atom stereocenters. The van der Waals surface area contributed by atoms with Crippen molar-refractivity contribution in [2.45, 2.75) is 32.3 Å². The Labute approximate surface area is 119 Å². The molecular formula is C15H21NO4. The smallest absolute Gasteiger partial charge is 0.163 e. The third kappa shape index (κ3) is 3.23. The number of ether oxygens (including phenoxy) is 4. The Hall–Kier alpha value is -1.30. The van der Waals surface area contributed by atoms with Gasteiger partial charge in [0, 0.05) is 13.1 Å². The van der Waals surface area contributed by atoms with Crippen molar-refractivity contribution >= 4 is 0 Å². The summed E-state index contributed by atoms with van der Waals surface area (Å²) in [4.78, 5) is 0. The first-order valence-electron chi connectivity index (χ1n) is 7.03. The third-order valence-corrected chi connectivity index (χ3v) is 3.38. The molecule has 3 rings (SSSR count). The lowest BCUT2D eigenvalue weighted by molar-refractivity contribution is -0.137. The fraction of sp³-hybridized carbons (Fsp3) is 0.600. The van der Waals surface area contributed by atoms with Gasteiger partial charge in [-0.2, -0.15) is 0 Å². The van der Waals surface area contributed by atoms with E-state index in [-0.39, 0.29) is 6.10 Å². The number of hydrogen-bond acceptors (Lipinski definition) is 5. The van der Waals surface area contributed by atoms with Gasteiger partial charge in [0.2, 0.25) is 0 Å². The highest BCUT2D eigenvalue weighted by molar-refractivity contribution is 5.43. The van der Waals surface area contributed by atoms with Crippen LogP contribution in [0.2, 0.25) is 0 Å². The summed E-state index contributed by atoms with van der Waals surface area (Å²) in [6.45, 7) is 7.31. The summed E-state index contributed by atoms with van der Waals surface area (Å²) in [5, 5.41) is 3.39. The molecule has 2 aliphatic heterocycles. The molecule has 1 saturated heterocycles. The maximum absolute atomic E-state index is 5.75. The first kappa shape index (κ1) is 13.7. The van der Waals surface area contributed by atoms with Crippen molar-refractivity contribution in [2.75, 3.05) is 26.4 Å². The summed E-state index contributed by atoms with van der Waals surface area (Å²) in [7, 11) is 0. The highest BCUT2D eigenvalue weighted by atomic mass is 16.7. The Morgan fingerprint density at radius 1 is 1.20 bits per heavy atom. The Morgan fingerprint density at radius 3 is 2.75 bits per heavy atom. The Bertz CT molecular complexity index is 475. The molecule has 1 atom stereocenters. The third-order valence-electron chi connectivity index (χ3n) is 3.38. The minimum absolute atomic E-state index is 0.113. The average molecular weight is 279 g/mol. The molecule has 0 amide bonds. The van der Waals surface area contributed by atoms with Crippen molar-refractivity contribution in [3.8, 4) is 11.5 Å². The van der Waals surface area contributed by atoms with Gasteiger partial charge < -0.3 is 24.3 Å². The van der Waals surface area contributed by atoms with E-state index < -0.39 is 5.79 Å². The summed E-state index contributed by atoms with van der Waals surface area (Å²) < 4.78 is 22.4. The van der Waals surface area contributed by atoms with E-state index in [0.29, 0.717) is 19.8 Å². The summed E-state index contributed by atoms with van der Waals surface area (Å²) >= 11 is 0. The maximum Gasteiger partial charge on any atom is 0.163 e. The van der Waals surface area contributed by atoms with Crippen LogP contribution in [0.4, 0.5) is 0 Å². The second-order valence-corrected chi connectivity index (χ2v) is 5.56. The molecule has 0 bridgehead atoms. The predicted molar refractivity (Wildman–Crippen MR) is 74.0 cm³/mol. The van der Waals surface area contributed by atoms with Gasteiger partial charge in [-0.1, -0.05) is 6.07 Å². The summed E-state index contributed by atoms with van der Waals surface area (Å²) in [6, 6.07) is 6.04. The largest absolute Gasteiger partial charge is 0.486 e. The van der Waals surface area contributed by atoms with Gasteiger partial charge >= 0.3 is 0 Å². The van der Waals surface area contributed by atoms with Gasteiger partial charge in [0.25, 0.3) is 0 Å². The van der Waals surface area contributed by atoms with Gasteiger partial charge in [0.05, 0.1) is 12.7 Å². The number of benzene rings is 1. The zero-order valence-corrected chi connectivity index (χ0v) is 12.0. The van der Waals surface area contributed by atoms with Crippen LogP contribution in [0.25, 0.3) is 0 Å². The lowest BCUT2D eigenvalue weighted by Crippen LogP contribution is -2.30. The van der Waals surface area contributed by atoms with E-state index >= 15 is 0 Å². The Kier molecular flexibility index (Phi) is 3.83. The van der Waals surface area contributed by atoms with Crippen LogP contribution >= 0.6 is 0 Å². The molecule has 1 N–H and O–H groups in total. The molecule has 2 heterocycles. The summed E-state index contributed by atoms with van der Waals surface area (Å²) in [6.07, 6.45) is 0.113. The van der Waals surface area contributed by atoms with E-state index in [2.05, 4.69) is 11.4 Å². The summed E-state index contributed by atoms with van der Waals surface area (Å²) in [5.74, 6) is 1.20. The quantitative estimate of drug-likeness (QED) is 0.909. The average Bonchev–Trinajstić information content (AvgIpc) is 2.78. The van der Waals surface area contributed by atoms with Crippen LogP contribution in [-0.4, -0.2) is 38.3 Å². The topological polar surface area (TPSA) is 49.0 Å². The molecule has 1 aromatic carbocycles. The number of nitrogens with one attached hydrogen (secondary N) is 1. The van der Waals surface area contributed by atoms with Crippen LogP contribution in [0, 0.1) is 0 Å². The van der Waals surface area contributed by atoms with Crippen molar-refractivity contribution in [3.05, 3.63) is 23.8 Å². The van der Waals surface area contributed by atoms with Crippen molar-refractivity contribution in [2.24, 2.45) is 0 Å². The van der Waals surface area contributed by atoms with Gasteiger partial charge in [-0.3, -0.25) is 0 Å². The van der Waals surface area contributed by atoms with E-state index in [4.69, 9.17) is 18.9 Å². The summed E-state index contributed by atoms with van der Waals surface area (Å²) in [5.41, 5.74) is 1.17. The molecule has 20 heavy (non-hydrogen) atoms. The monoisotopic (exact) mass is 279 g/mol. The molecular weight excluding hydrogens is 258 g/mol. The van der Waals surface area contributed by atoms with Crippen molar-refractivity contribution < 1.29 is 18.9 Å². The normalized spacial score (nSPS) is 23.8. The zero-order chi connectivity index (χ0) is 14.0. The van der Waals surface area contributed by atoms with Crippen LogP contribution < -0.4 is 14.8 Å². The van der Waals surface area contributed by atoms with Crippen LogP contribution in [0.15, 0.2) is 18.2 Å². The SMILES string of the molecule is CC1(C)OCC(CNCc2ccc3c(c2)OCCO3)O1. The lowest BCUT2D eigenvalue weighted by atomic mass is 10.2. The van der Waals surface area contributed by atoms with E-state index in [1.807, 2.05) is 26.0 Å². The van der Waals surface area contributed by atoms with Crippen LogP contribution in [0.1, 0.15) is 19.4 Å². The lowest BCUT2D eigenvalue weighted by Gasteiger charge is -2.19. The van der Waals surface area contributed by atoms with Crippen LogP contribution in [0.3, 0.4) is 0 Å². The van der Waals surface area contributed by atoms with E-state index in [0.717, 1.165) is 24.6 Å². The number of rotatable bonds is 4. The highest BCUT2D eigenvalue weighted by Gasteiger charge is 2.32. The molecule has 5 heteroatoms. The van der Waals surface area contributed by atoms with E-state index in [9.17, 15) is 0 Å². The fourth-order valence-electron chi connectivity index (χ4n) is 2.44. The molecule has 0 saturated carbocycles. The van der Waals surface area contributed by atoms with E-state index in [1.165, 1.54) is 5.56 Å². The molecule has 0 radical (unpaired) electrons. The predicted octanol–water partition coefficient (Wildman–Crippen LogP) is 1.70. The first-order chi connectivity index (χ1) is 9.62. The van der Waals surface area contributed by atoms with Crippen LogP contribution in [0.5, 0.6) is 11.5 Å². The Morgan fingerprint density at radius 2 is 2.00 bits per heavy atom. The fourth-order valence-corrected chi connectivity index (χ4v) is 2.44. The van der Waals surface area contributed by atoms with Gasteiger partial charge in [-0.05, 0) is 31.5 Å². The molecule has 110 valence electrons. The number of fused-ring (bicyclic) bond motifs is 1.